The minimum Gasteiger partial charge on any atom is -0.339 e. The summed E-state index contributed by atoms with van der Waals surface area (Å²) in [6.07, 6.45) is 3.06. The fourth-order valence-corrected chi connectivity index (χ4v) is 3.00. The zero-order valence-electron chi connectivity index (χ0n) is 10.7. The molecular weight excluding hydrogens is 334 g/mol. The average molecular weight is 351 g/mol. The Kier molecular flexibility index (Phi) is 6.53. The van der Waals surface area contributed by atoms with Crippen molar-refractivity contribution in [2.24, 2.45) is 0 Å². The Morgan fingerprint density at radius 3 is 2.72 bits per heavy atom. The van der Waals surface area contributed by atoms with Crippen LogP contribution < -0.4 is 0 Å². The van der Waals surface area contributed by atoms with E-state index in [2.05, 4.69) is 29.1 Å². The van der Waals surface area contributed by atoms with E-state index in [1.807, 2.05) is 7.05 Å². The molecule has 0 aromatic heterocycles. The van der Waals surface area contributed by atoms with Gasteiger partial charge in [0.05, 0.1) is 0 Å². The van der Waals surface area contributed by atoms with Crippen molar-refractivity contribution in [3.05, 3.63) is 33.3 Å². The minimum atomic E-state index is 0.00630. The van der Waals surface area contributed by atoms with Crippen LogP contribution in [0.3, 0.4) is 0 Å². The molecular formula is C13H17BrClNOS. The lowest BCUT2D eigenvalue weighted by Crippen LogP contribution is -2.35. The predicted molar refractivity (Wildman–Crippen MR) is 83.7 cm³/mol. The number of thioether (sulfide) groups is 1. The molecule has 0 radical (unpaired) electrons. The van der Waals surface area contributed by atoms with Crippen LogP contribution in [0, 0.1) is 0 Å². The maximum Gasteiger partial charge on any atom is 0.253 e. The van der Waals surface area contributed by atoms with Crippen molar-refractivity contribution in [3.8, 4) is 0 Å². The summed E-state index contributed by atoms with van der Waals surface area (Å²) in [6, 6.07) is 5.50. The Balaban J connectivity index is 2.79. The van der Waals surface area contributed by atoms with Crippen molar-refractivity contribution in [1.82, 2.24) is 4.90 Å². The molecule has 1 unspecified atom stereocenters. The third-order valence-corrected chi connectivity index (χ3v) is 4.15. The van der Waals surface area contributed by atoms with E-state index >= 15 is 0 Å². The third kappa shape index (κ3) is 4.48. The lowest BCUT2D eigenvalue weighted by Gasteiger charge is -2.25. The lowest BCUT2D eigenvalue weighted by molar-refractivity contribution is 0.0741. The smallest absolute Gasteiger partial charge is 0.253 e. The summed E-state index contributed by atoms with van der Waals surface area (Å²) in [5, 5.41) is 0.567. The SMILES string of the molecule is CSCCC(C)N(C)C(=O)c1cc(Cl)cc(Br)c1. The van der Waals surface area contributed by atoms with Gasteiger partial charge in [0.1, 0.15) is 0 Å². The highest BCUT2D eigenvalue weighted by Crippen LogP contribution is 2.21. The monoisotopic (exact) mass is 349 g/mol. The molecule has 1 aromatic rings. The highest BCUT2D eigenvalue weighted by atomic mass is 79.9. The Bertz CT molecular complexity index is 407. The Labute approximate surface area is 126 Å². The Morgan fingerprint density at radius 2 is 2.17 bits per heavy atom. The predicted octanol–water partition coefficient (Wildman–Crippen LogP) is 4.32. The van der Waals surface area contributed by atoms with Gasteiger partial charge < -0.3 is 4.90 Å². The van der Waals surface area contributed by atoms with Crippen LogP contribution in [0.5, 0.6) is 0 Å². The first kappa shape index (κ1) is 15.9. The number of hydrogen-bond donors (Lipinski definition) is 0. The van der Waals surface area contributed by atoms with E-state index in [1.165, 1.54) is 0 Å². The van der Waals surface area contributed by atoms with Gasteiger partial charge in [0, 0.05) is 28.1 Å². The van der Waals surface area contributed by atoms with E-state index in [9.17, 15) is 4.79 Å². The van der Waals surface area contributed by atoms with Crippen LogP contribution in [-0.2, 0) is 0 Å². The molecule has 5 heteroatoms. The van der Waals surface area contributed by atoms with Gasteiger partial charge in [-0.1, -0.05) is 27.5 Å². The molecule has 18 heavy (non-hydrogen) atoms. The maximum atomic E-state index is 12.3. The van der Waals surface area contributed by atoms with Crippen LogP contribution in [0.4, 0.5) is 0 Å². The highest BCUT2D eigenvalue weighted by molar-refractivity contribution is 9.10. The van der Waals surface area contributed by atoms with Crippen molar-refractivity contribution in [2.45, 2.75) is 19.4 Å². The second-order valence-corrected chi connectivity index (χ2v) is 6.54. The van der Waals surface area contributed by atoms with Gasteiger partial charge in [-0.05, 0) is 43.6 Å². The molecule has 1 rings (SSSR count). The van der Waals surface area contributed by atoms with Crippen molar-refractivity contribution in [1.29, 1.82) is 0 Å². The van der Waals surface area contributed by atoms with Crippen LogP contribution in [0.25, 0.3) is 0 Å². The first-order valence-corrected chi connectivity index (χ1v) is 8.24. The topological polar surface area (TPSA) is 20.3 Å². The lowest BCUT2D eigenvalue weighted by atomic mass is 10.1. The molecule has 0 N–H and O–H groups in total. The molecule has 1 aromatic carbocycles. The summed E-state index contributed by atoms with van der Waals surface area (Å²) in [4.78, 5) is 14.1. The quantitative estimate of drug-likeness (QED) is 0.788. The van der Waals surface area contributed by atoms with Crippen LogP contribution in [0.2, 0.25) is 5.02 Å². The molecule has 0 fully saturated rings. The number of hydrogen-bond acceptors (Lipinski definition) is 2. The van der Waals surface area contributed by atoms with Gasteiger partial charge in [0.15, 0.2) is 0 Å². The molecule has 0 heterocycles. The van der Waals surface area contributed by atoms with Crippen LogP contribution >= 0.6 is 39.3 Å². The summed E-state index contributed by atoms with van der Waals surface area (Å²) in [6.45, 7) is 2.06. The summed E-state index contributed by atoms with van der Waals surface area (Å²) in [5.74, 6) is 1.06. The van der Waals surface area contributed by atoms with Crippen molar-refractivity contribution < 1.29 is 4.79 Å². The Hall–Kier alpha value is -0.190. The number of carbonyl (C=O) groups is 1. The summed E-state index contributed by atoms with van der Waals surface area (Å²) >= 11 is 11.1. The number of carbonyl (C=O) groups excluding carboxylic acids is 1. The van der Waals surface area contributed by atoms with Crippen LogP contribution in [0.15, 0.2) is 22.7 Å². The van der Waals surface area contributed by atoms with E-state index in [4.69, 9.17) is 11.6 Å². The first-order chi connectivity index (χ1) is 8.45. The molecule has 2 nitrogen and oxygen atoms in total. The van der Waals surface area contributed by atoms with Crippen molar-refractivity contribution >= 4 is 45.2 Å². The summed E-state index contributed by atoms with van der Waals surface area (Å²) in [7, 11) is 1.84. The van der Waals surface area contributed by atoms with Crippen molar-refractivity contribution in [3.63, 3.8) is 0 Å². The third-order valence-electron chi connectivity index (χ3n) is 2.83. The van der Waals surface area contributed by atoms with Crippen LogP contribution in [-0.4, -0.2) is 35.9 Å². The number of rotatable bonds is 5. The molecule has 1 amide bonds. The minimum absolute atomic E-state index is 0.00630. The number of benzene rings is 1. The van der Waals surface area contributed by atoms with E-state index in [-0.39, 0.29) is 11.9 Å². The molecule has 0 spiro atoms. The van der Waals surface area contributed by atoms with Gasteiger partial charge in [-0.25, -0.2) is 0 Å². The van der Waals surface area contributed by atoms with Gasteiger partial charge >= 0.3 is 0 Å². The van der Waals surface area contributed by atoms with E-state index in [0.717, 1.165) is 16.6 Å². The fourth-order valence-electron chi connectivity index (χ4n) is 1.56. The van der Waals surface area contributed by atoms with E-state index in [1.54, 1.807) is 34.9 Å². The molecule has 0 bridgehead atoms. The van der Waals surface area contributed by atoms with Gasteiger partial charge in [-0.2, -0.15) is 11.8 Å². The van der Waals surface area contributed by atoms with Gasteiger partial charge in [0.2, 0.25) is 0 Å². The first-order valence-electron chi connectivity index (χ1n) is 5.68. The number of halogens is 2. The molecule has 0 saturated carbocycles. The van der Waals surface area contributed by atoms with Gasteiger partial charge in [0.25, 0.3) is 5.91 Å². The molecule has 0 saturated heterocycles. The summed E-state index contributed by atoms with van der Waals surface area (Å²) < 4.78 is 0.823. The van der Waals surface area contributed by atoms with Crippen LogP contribution in [0.1, 0.15) is 23.7 Å². The zero-order chi connectivity index (χ0) is 13.7. The molecule has 0 aliphatic heterocycles. The second-order valence-electron chi connectivity index (χ2n) is 4.20. The number of amides is 1. The van der Waals surface area contributed by atoms with E-state index in [0.29, 0.717) is 10.6 Å². The Morgan fingerprint density at radius 1 is 1.50 bits per heavy atom. The van der Waals surface area contributed by atoms with Crippen molar-refractivity contribution in [2.75, 3.05) is 19.1 Å². The largest absolute Gasteiger partial charge is 0.339 e. The summed E-state index contributed by atoms with van der Waals surface area (Å²) in [5.41, 5.74) is 0.618. The maximum absolute atomic E-state index is 12.3. The zero-order valence-corrected chi connectivity index (χ0v) is 13.9. The standard InChI is InChI=1S/C13H17BrClNOS/c1-9(4-5-18-3)16(2)13(17)10-6-11(14)8-12(15)7-10/h6-9H,4-5H2,1-3H3. The molecule has 0 aliphatic carbocycles. The normalized spacial score (nSPS) is 12.3. The fraction of sp³-hybridized carbons (Fsp3) is 0.462. The molecule has 1 atom stereocenters. The van der Waals surface area contributed by atoms with Gasteiger partial charge in [-0.3, -0.25) is 4.79 Å². The van der Waals surface area contributed by atoms with E-state index < -0.39 is 0 Å². The van der Waals surface area contributed by atoms with Gasteiger partial charge in [-0.15, -0.1) is 0 Å². The molecule has 100 valence electrons. The highest BCUT2D eigenvalue weighted by Gasteiger charge is 2.17. The average Bonchev–Trinajstić information content (AvgIpc) is 2.32. The molecule has 0 aliphatic rings. The second kappa shape index (κ2) is 7.41. The number of nitrogens with zero attached hydrogens (tertiary/aromatic N) is 1.